The molecule has 0 fully saturated rings. The predicted molar refractivity (Wildman–Crippen MR) is 44.9 cm³/mol. The van der Waals surface area contributed by atoms with E-state index >= 15 is 0 Å². The highest BCUT2D eigenvalue weighted by Crippen LogP contribution is 2.11. The Morgan fingerprint density at radius 2 is 1.92 bits per heavy atom. The second-order valence-corrected chi connectivity index (χ2v) is 3.01. The van der Waals surface area contributed by atoms with E-state index in [2.05, 4.69) is 17.5 Å². The molecule has 0 aliphatic rings. The standard InChI is InChI=1S/C6H11F3N2S/c1-4(2)11-5(12)10-3-6(7,8)9/h4H,3H2,1-2H3,(H2,10,11,12). The predicted octanol–water partition coefficient (Wildman–Crippen LogP) is 1.42. The first-order valence-corrected chi connectivity index (χ1v) is 3.83. The third-order valence-electron chi connectivity index (χ3n) is 0.869. The van der Waals surface area contributed by atoms with Crippen LogP contribution in [0.15, 0.2) is 0 Å². The molecule has 0 bridgehead atoms. The lowest BCUT2D eigenvalue weighted by molar-refractivity contribution is -0.122. The van der Waals surface area contributed by atoms with E-state index in [-0.39, 0.29) is 11.2 Å². The van der Waals surface area contributed by atoms with Crippen LogP contribution in [0.5, 0.6) is 0 Å². The van der Waals surface area contributed by atoms with Crippen molar-refractivity contribution in [3.63, 3.8) is 0 Å². The Bertz CT molecular complexity index is 155. The third-order valence-corrected chi connectivity index (χ3v) is 1.13. The summed E-state index contributed by atoms with van der Waals surface area (Å²) in [5.74, 6) is 0. The smallest absolute Gasteiger partial charge is 0.361 e. The minimum absolute atomic E-state index is 0.0299. The van der Waals surface area contributed by atoms with Gasteiger partial charge in [-0.1, -0.05) is 0 Å². The zero-order chi connectivity index (χ0) is 9.78. The van der Waals surface area contributed by atoms with Gasteiger partial charge in [0.05, 0.1) is 0 Å². The van der Waals surface area contributed by atoms with E-state index in [4.69, 9.17) is 0 Å². The van der Waals surface area contributed by atoms with Crippen molar-refractivity contribution in [2.24, 2.45) is 0 Å². The van der Waals surface area contributed by atoms with Crippen molar-refractivity contribution in [1.82, 2.24) is 10.6 Å². The van der Waals surface area contributed by atoms with E-state index in [1.54, 1.807) is 13.8 Å². The number of alkyl halides is 3. The molecular weight excluding hydrogens is 189 g/mol. The highest BCUT2D eigenvalue weighted by molar-refractivity contribution is 7.80. The molecule has 0 aliphatic carbocycles. The highest BCUT2D eigenvalue weighted by Gasteiger charge is 2.26. The molecule has 0 aromatic rings. The summed E-state index contributed by atoms with van der Waals surface area (Å²) in [6, 6.07) is 0.0400. The molecule has 0 saturated carbocycles. The molecule has 6 heteroatoms. The van der Waals surface area contributed by atoms with Crippen molar-refractivity contribution >= 4 is 17.3 Å². The molecule has 12 heavy (non-hydrogen) atoms. The fraction of sp³-hybridized carbons (Fsp3) is 0.833. The van der Waals surface area contributed by atoms with Gasteiger partial charge in [0.2, 0.25) is 0 Å². The summed E-state index contributed by atoms with van der Waals surface area (Å²) >= 11 is 4.58. The van der Waals surface area contributed by atoms with Crippen molar-refractivity contribution in [1.29, 1.82) is 0 Å². The first-order chi connectivity index (χ1) is 5.31. The molecular formula is C6H11F3N2S. The molecule has 2 nitrogen and oxygen atoms in total. The molecule has 0 unspecified atom stereocenters. The van der Waals surface area contributed by atoms with Gasteiger partial charge in [0, 0.05) is 6.04 Å². The molecule has 0 aliphatic heterocycles. The maximum atomic E-state index is 11.6. The van der Waals surface area contributed by atoms with Crippen LogP contribution in [0.3, 0.4) is 0 Å². The van der Waals surface area contributed by atoms with Gasteiger partial charge in [-0.25, -0.2) is 0 Å². The molecule has 0 spiro atoms. The quantitative estimate of drug-likeness (QED) is 0.659. The van der Waals surface area contributed by atoms with Crippen LogP contribution >= 0.6 is 12.2 Å². The Morgan fingerprint density at radius 3 is 2.25 bits per heavy atom. The maximum absolute atomic E-state index is 11.6. The topological polar surface area (TPSA) is 24.1 Å². The van der Waals surface area contributed by atoms with Gasteiger partial charge in [-0.2, -0.15) is 13.2 Å². The fourth-order valence-electron chi connectivity index (χ4n) is 0.494. The second-order valence-electron chi connectivity index (χ2n) is 2.60. The van der Waals surface area contributed by atoms with Gasteiger partial charge in [0.15, 0.2) is 5.11 Å². The monoisotopic (exact) mass is 200 g/mol. The molecule has 0 radical (unpaired) electrons. The van der Waals surface area contributed by atoms with Crippen molar-refractivity contribution < 1.29 is 13.2 Å². The summed E-state index contributed by atoms with van der Waals surface area (Å²) in [4.78, 5) is 0. The molecule has 0 rings (SSSR count). The number of rotatable bonds is 2. The van der Waals surface area contributed by atoms with E-state index in [1.165, 1.54) is 0 Å². The first-order valence-electron chi connectivity index (χ1n) is 3.42. The van der Waals surface area contributed by atoms with Crippen molar-refractivity contribution in [3.8, 4) is 0 Å². The molecule has 0 atom stereocenters. The summed E-state index contributed by atoms with van der Waals surface area (Å²) in [6.45, 7) is 2.49. The lowest BCUT2D eigenvalue weighted by atomic mass is 10.4. The van der Waals surface area contributed by atoms with Crippen LogP contribution < -0.4 is 10.6 Å². The maximum Gasteiger partial charge on any atom is 0.405 e. The van der Waals surface area contributed by atoms with Crippen LogP contribution in [0.4, 0.5) is 13.2 Å². The summed E-state index contributed by atoms with van der Waals surface area (Å²) in [6.07, 6.45) is -4.22. The Morgan fingerprint density at radius 1 is 1.42 bits per heavy atom. The van der Waals surface area contributed by atoms with E-state index in [0.29, 0.717) is 0 Å². The fourth-order valence-corrected chi connectivity index (χ4v) is 0.802. The minimum atomic E-state index is -4.22. The largest absolute Gasteiger partial charge is 0.405 e. The normalized spacial score (nSPS) is 11.5. The Kier molecular flexibility index (Phi) is 4.30. The first kappa shape index (κ1) is 11.5. The van der Waals surface area contributed by atoms with Crippen LogP contribution in [0.25, 0.3) is 0 Å². The van der Waals surface area contributed by atoms with Gasteiger partial charge in [-0.05, 0) is 26.1 Å². The Labute approximate surface area is 74.5 Å². The highest BCUT2D eigenvalue weighted by atomic mass is 32.1. The van der Waals surface area contributed by atoms with Gasteiger partial charge in [0.25, 0.3) is 0 Å². The van der Waals surface area contributed by atoms with Crippen molar-refractivity contribution in [2.75, 3.05) is 6.54 Å². The lowest BCUT2D eigenvalue weighted by Gasteiger charge is -2.14. The van der Waals surface area contributed by atoms with Gasteiger partial charge in [-0.3, -0.25) is 0 Å². The molecule has 72 valence electrons. The molecule has 0 heterocycles. The van der Waals surface area contributed by atoms with E-state index in [9.17, 15) is 13.2 Å². The second kappa shape index (κ2) is 4.49. The van der Waals surface area contributed by atoms with Gasteiger partial charge in [0.1, 0.15) is 6.54 Å². The lowest BCUT2D eigenvalue weighted by Crippen LogP contribution is -2.43. The van der Waals surface area contributed by atoms with Crippen LogP contribution in [0, 0.1) is 0 Å². The number of hydrogen-bond acceptors (Lipinski definition) is 1. The van der Waals surface area contributed by atoms with Crippen LogP contribution in [-0.4, -0.2) is 23.9 Å². The number of thiocarbonyl (C=S) groups is 1. The Hall–Kier alpha value is -0.520. The zero-order valence-corrected chi connectivity index (χ0v) is 7.64. The summed E-state index contributed by atoms with van der Waals surface area (Å²) < 4.78 is 34.8. The molecule has 2 N–H and O–H groups in total. The molecule has 0 saturated heterocycles. The summed E-state index contributed by atoms with van der Waals surface area (Å²) in [7, 11) is 0. The SMILES string of the molecule is CC(C)NC(=S)NCC(F)(F)F. The molecule has 0 amide bonds. The van der Waals surface area contributed by atoms with Gasteiger partial charge < -0.3 is 10.6 Å². The summed E-state index contributed by atoms with van der Waals surface area (Å²) in [5.41, 5.74) is 0. The minimum Gasteiger partial charge on any atom is -0.361 e. The van der Waals surface area contributed by atoms with Gasteiger partial charge >= 0.3 is 6.18 Å². The van der Waals surface area contributed by atoms with E-state index in [0.717, 1.165) is 0 Å². The van der Waals surface area contributed by atoms with Crippen LogP contribution in [0.1, 0.15) is 13.8 Å². The summed E-state index contributed by atoms with van der Waals surface area (Å²) in [5, 5.41) is 4.71. The average Bonchev–Trinajstić information content (AvgIpc) is 1.80. The Balaban J connectivity index is 3.58. The number of nitrogens with one attached hydrogen (secondary N) is 2. The molecule has 0 aromatic carbocycles. The average molecular weight is 200 g/mol. The number of halogens is 3. The third kappa shape index (κ3) is 7.59. The molecule has 0 aromatic heterocycles. The van der Waals surface area contributed by atoms with E-state index < -0.39 is 12.7 Å². The van der Waals surface area contributed by atoms with Crippen molar-refractivity contribution in [2.45, 2.75) is 26.1 Å². The number of hydrogen-bond donors (Lipinski definition) is 2. The zero-order valence-electron chi connectivity index (χ0n) is 6.83. The van der Waals surface area contributed by atoms with Crippen molar-refractivity contribution in [3.05, 3.63) is 0 Å². The van der Waals surface area contributed by atoms with Crippen LogP contribution in [0.2, 0.25) is 0 Å². The van der Waals surface area contributed by atoms with Crippen LogP contribution in [-0.2, 0) is 0 Å². The van der Waals surface area contributed by atoms with Gasteiger partial charge in [-0.15, -0.1) is 0 Å². The van der Waals surface area contributed by atoms with E-state index in [1.807, 2.05) is 5.32 Å².